The molecule has 138 valence electrons. The molecule has 2 rings (SSSR count). The first-order chi connectivity index (χ1) is 12.2. The molecule has 0 aliphatic rings. The van der Waals surface area contributed by atoms with Gasteiger partial charge in [0.25, 0.3) is 5.91 Å². The Hall–Kier alpha value is -2.67. The second kappa shape index (κ2) is 8.14. The van der Waals surface area contributed by atoms with E-state index in [-0.39, 0.29) is 22.4 Å². The monoisotopic (exact) mass is 374 g/mol. The van der Waals surface area contributed by atoms with E-state index >= 15 is 0 Å². The molecule has 1 atom stereocenters. The number of amides is 2. The normalized spacial score (nSPS) is 12.5. The Morgan fingerprint density at radius 2 is 1.50 bits per heavy atom. The molecular weight excluding hydrogens is 352 g/mol. The fourth-order valence-corrected chi connectivity index (χ4v) is 3.30. The van der Waals surface area contributed by atoms with Gasteiger partial charge in [-0.25, -0.2) is 8.42 Å². The number of hydrogen-bond donors (Lipinski definition) is 2. The Bertz CT molecular complexity index is 893. The number of nitrogens with one attached hydrogen (secondary N) is 2. The molecule has 1 unspecified atom stereocenters. The number of carbonyl (C=O) groups is 2. The predicted octanol–water partition coefficient (Wildman–Crippen LogP) is 2.48. The molecule has 0 aliphatic heterocycles. The minimum Gasteiger partial charge on any atom is -0.340 e. The molecule has 0 saturated carbocycles. The molecular formula is C19H22N2O4S. The van der Waals surface area contributed by atoms with Gasteiger partial charge in [-0.2, -0.15) is 0 Å². The quantitative estimate of drug-likeness (QED) is 0.812. The van der Waals surface area contributed by atoms with Crippen molar-refractivity contribution in [2.24, 2.45) is 5.92 Å². The second-order valence-electron chi connectivity index (χ2n) is 6.32. The third-order valence-electron chi connectivity index (χ3n) is 3.82. The number of para-hydroxylation sites is 1. The van der Waals surface area contributed by atoms with Gasteiger partial charge in [0.15, 0.2) is 9.84 Å². The summed E-state index contributed by atoms with van der Waals surface area (Å²) in [4.78, 5) is 25.1. The molecule has 0 aliphatic carbocycles. The molecule has 2 N–H and O–H groups in total. The van der Waals surface area contributed by atoms with Gasteiger partial charge in [0.2, 0.25) is 5.91 Å². The summed E-state index contributed by atoms with van der Waals surface area (Å²) in [5.74, 6) is -1.02. The third kappa shape index (κ3) is 4.92. The lowest BCUT2D eigenvalue weighted by atomic mass is 10.0. The van der Waals surface area contributed by atoms with Crippen LogP contribution in [0, 0.1) is 5.92 Å². The molecule has 2 aromatic rings. The highest BCUT2D eigenvalue weighted by Crippen LogP contribution is 2.21. The van der Waals surface area contributed by atoms with Gasteiger partial charge in [-0.15, -0.1) is 0 Å². The predicted molar refractivity (Wildman–Crippen MR) is 101 cm³/mol. The third-order valence-corrected chi connectivity index (χ3v) is 4.97. The molecule has 0 spiro atoms. The van der Waals surface area contributed by atoms with Crippen molar-refractivity contribution in [1.29, 1.82) is 0 Å². The zero-order valence-corrected chi connectivity index (χ0v) is 15.7. The summed E-state index contributed by atoms with van der Waals surface area (Å²) in [6.07, 6.45) is 1.08. The molecule has 0 aromatic heterocycles. The van der Waals surface area contributed by atoms with E-state index in [1.807, 2.05) is 0 Å². The molecule has 2 amide bonds. The maximum absolute atomic E-state index is 12.7. The fourth-order valence-electron chi connectivity index (χ4n) is 2.45. The average molecular weight is 374 g/mol. The Labute approximate surface area is 153 Å². The van der Waals surface area contributed by atoms with Gasteiger partial charge in [0.1, 0.15) is 6.04 Å². The molecule has 2 aromatic carbocycles. The summed E-state index contributed by atoms with van der Waals surface area (Å²) in [6, 6.07) is 13.9. The van der Waals surface area contributed by atoms with Gasteiger partial charge >= 0.3 is 0 Å². The fraction of sp³-hybridized carbons (Fsp3) is 0.263. The highest BCUT2D eigenvalue weighted by atomic mass is 32.2. The van der Waals surface area contributed by atoms with Crippen LogP contribution in [0.2, 0.25) is 0 Å². The van der Waals surface area contributed by atoms with Gasteiger partial charge in [0, 0.05) is 11.8 Å². The van der Waals surface area contributed by atoms with E-state index in [1.54, 1.807) is 56.3 Å². The smallest absolute Gasteiger partial charge is 0.251 e. The van der Waals surface area contributed by atoms with Crippen LogP contribution in [0.4, 0.5) is 5.69 Å². The van der Waals surface area contributed by atoms with Gasteiger partial charge in [-0.3, -0.25) is 9.59 Å². The van der Waals surface area contributed by atoms with Gasteiger partial charge < -0.3 is 10.6 Å². The van der Waals surface area contributed by atoms with Gasteiger partial charge in [0.05, 0.1) is 10.6 Å². The number of carbonyl (C=O) groups excluding carboxylic acids is 2. The zero-order chi connectivity index (χ0) is 19.3. The average Bonchev–Trinajstić information content (AvgIpc) is 2.59. The SMILES string of the molecule is CC(C)C(NC(=O)c1ccccc1)C(=O)Nc1ccccc1S(C)(=O)=O. The zero-order valence-electron chi connectivity index (χ0n) is 14.9. The van der Waals surface area contributed by atoms with Crippen molar-refractivity contribution in [3.05, 3.63) is 60.2 Å². The molecule has 7 heteroatoms. The largest absolute Gasteiger partial charge is 0.340 e. The Kier molecular flexibility index (Phi) is 6.15. The van der Waals surface area contributed by atoms with E-state index in [1.165, 1.54) is 12.1 Å². The molecule has 0 fully saturated rings. The lowest BCUT2D eigenvalue weighted by molar-refractivity contribution is -0.118. The highest BCUT2D eigenvalue weighted by molar-refractivity contribution is 7.90. The van der Waals surface area contributed by atoms with Crippen LogP contribution in [0.1, 0.15) is 24.2 Å². The summed E-state index contributed by atoms with van der Waals surface area (Å²) in [5.41, 5.74) is 0.641. The number of rotatable bonds is 6. The first kappa shape index (κ1) is 19.7. The first-order valence-corrected chi connectivity index (χ1v) is 10.0. The van der Waals surface area contributed by atoms with Crippen molar-refractivity contribution in [3.63, 3.8) is 0 Å². The summed E-state index contributed by atoms with van der Waals surface area (Å²) in [5, 5.41) is 5.33. The van der Waals surface area contributed by atoms with Crippen molar-refractivity contribution < 1.29 is 18.0 Å². The molecule has 6 nitrogen and oxygen atoms in total. The highest BCUT2D eigenvalue weighted by Gasteiger charge is 2.26. The Balaban J connectivity index is 2.21. The number of hydrogen-bond acceptors (Lipinski definition) is 4. The molecule has 0 bridgehead atoms. The lowest BCUT2D eigenvalue weighted by Crippen LogP contribution is -2.47. The summed E-state index contributed by atoms with van der Waals surface area (Å²) >= 11 is 0. The topological polar surface area (TPSA) is 92.3 Å². The van der Waals surface area contributed by atoms with Crippen LogP contribution in [0.5, 0.6) is 0 Å². The molecule has 26 heavy (non-hydrogen) atoms. The van der Waals surface area contributed by atoms with Crippen LogP contribution in [0.15, 0.2) is 59.5 Å². The first-order valence-electron chi connectivity index (χ1n) is 8.16. The van der Waals surface area contributed by atoms with Crippen molar-refractivity contribution in [1.82, 2.24) is 5.32 Å². The Morgan fingerprint density at radius 1 is 0.923 bits per heavy atom. The van der Waals surface area contributed by atoms with E-state index in [0.29, 0.717) is 5.56 Å². The van der Waals surface area contributed by atoms with E-state index < -0.39 is 21.8 Å². The van der Waals surface area contributed by atoms with E-state index in [4.69, 9.17) is 0 Å². The van der Waals surface area contributed by atoms with Crippen LogP contribution < -0.4 is 10.6 Å². The van der Waals surface area contributed by atoms with Gasteiger partial charge in [-0.05, 0) is 30.2 Å². The van der Waals surface area contributed by atoms with E-state index in [0.717, 1.165) is 6.26 Å². The second-order valence-corrected chi connectivity index (χ2v) is 8.30. The molecule has 0 heterocycles. The van der Waals surface area contributed by atoms with Crippen molar-refractivity contribution >= 4 is 27.3 Å². The maximum Gasteiger partial charge on any atom is 0.251 e. The number of anilines is 1. The van der Waals surface area contributed by atoms with E-state index in [2.05, 4.69) is 10.6 Å². The molecule has 0 saturated heterocycles. The maximum atomic E-state index is 12.7. The standard InChI is InChI=1S/C19H22N2O4S/c1-13(2)17(21-18(22)14-9-5-4-6-10-14)19(23)20-15-11-7-8-12-16(15)26(3,24)25/h4-13,17H,1-3H3,(H,20,23)(H,21,22). The summed E-state index contributed by atoms with van der Waals surface area (Å²) in [6.45, 7) is 3.61. The van der Waals surface area contributed by atoms with Gasteiger partial charge in [-0.1, -0.05) is 44.2 Å². The number of benzene rings is 2. The minimum absolute atomic E-state index is 0.0326. The molecule has 0 radical (unpaired) electrons. The van der Waals surface area contributed by atoms with Crippen molar-refractivity contribution in [2.45, 2.75) is 24.8 Å². The van der Waals surface area contributed by atoms with Crippen LogP contribution in [-0.4, -0.2) is 32.5 Å². The van der Waals surface area contributed by atoms with E-state index in [9.17, 15) is 18.0 Å². The number of sulfone groups is 1. The summed E-state index contributed by atoms with van der Waals surface area (Å²) in [7, 11) is -3.49. The minimum atomic E-state index is -3.49. The lowest BCUT2D eigenvalue weighted by Gasteiger charge is -2.22. The van der Waals surface area contributed by atoms with Crippen LogP contribution >= 0.6 is 0 Å². The summed E-state index contributed by atoms with van der Waals surface area (Å²) < 4.78 is 23.8. The van der Waals surface area contributed by atoms with Crippen LogP contribution in [0.25, 0.3) is 0 Å². The Morgan fingerprint density at radius 3 is 2.08 bits per heavy atom. The van der Waals surface area contributed by atoms with Crippen LogP contribution in [-0.2, 0) is 14.6 Å². The van der Waals surface area contributed by atoms with Crippen LogP contribution in [0.3, 0.4) is 0 Å². The van der Waals surface area contributed by atoms with Crippen molar-refractivity contribution in [2.75, 3.05) is 11.6 Å². The van der Waals surface area contributed by atoms with Crippen molar-refractivity contribution in [3.8, 4) is 0 Å².